The van der Waals surface area contributed by atoms with Gasteiger partial charge in [0.15, 0.2) is 11.6 Å². The minimum atomic E-state index is -1.61. The van der Waals surface area contributed by atoms with Crippen molar-refractivity contribution < 1.29 is 24.6 Å². The lowest BCUT2D eigenvalue weighted by Crippen LogP contribution is -2.74. The van der Waals surface area contributed by atoms with Crippen LogP contribution in [0.25, 0.3) is 0 Å². The zero-order chi connectivity index (χ0) is 33.0. The van der Waals surface area contributed by atoms with Crippen LogP contribution in [-0.2, 0) is 14.4 Å². The maximum Gasteiger partial charge on any atom is 0.234 e. The number of piperidine rings is 1. The van der Waals surface area contributed by atoms with E-state index in [-0.39, 0.29) is 52.9 Å². The van der Waals surface area contributed by atoms with E-state index in [0.29, 0.717) is 38.8 Å². The van der Waals surface area contributed by atoms with Crippen molar-refractivity contribution >= 4 is 17.5 Å². The lowest BCUT2D eigenvalue weighted by molar-refractivity contribution is -0.240. The van der Waals surface area contributed by atoms with Gasteiger partial charge in [0.2, 0.25) is 5.91 Å². The number of nitriles is 1. The molecule has 1 aliphatic heterocycles. The molecule has 0 aromatic carbocycles. The van der Waals surface area contributed by atoms with Gasteiger partial charge in [-0.1, -0.05) is 47.6 Å². The summed E-state index contributed by atoms with van der Waals surface area (Å²) in [4.78, 5) is 43.4. The number of likely N-dealkylation sites (tertiary alicyclic amines) is 1. The number of fused-ring (bicyclic) bond motifs is 7. The lowest BCUT2D eigenvalue weighted by Gasteiger charge is -2.71. The first-order chi connectivity index (χ1) is 20.8. The Hall–Kier alpha value is -2.34. The Kier molecular flexibility index (Phi) is 7.30. The molecule has 0 bridgehead atoms. The second-order valence-electron chi connectivity index (χ2n) is 17.5. The maximum absolute atomic E-state index is 14.7. The van der Waals surface area contributed by atoms with Crippen molar-refractivity contribution in [1.29, 1.82) is 5.26 Å². The van der Waals surface area contributed by atoms with E-state index < -0.39 is 32.8 Å². The summed E-state index contributed by atoms with van der Waals surface area (Å²) in [5, 5.41) is 36.2. The van der Waals surface area contributed by atoms with Crippen molar-refractivity contribution in [2.75, 3.05) is 19.6 Å². The number of aliphatic hydroxyl groups excluding tert-OH is 1. The third-order valence-electron chi connectivity index (χ3n) is 14.6. The second-order valence-corrected chi connectivity index (χ2v) is 17.5. The lowest BCUT2D eigenvalue weighted by atomic mass is 9.33. The first kappa shape index (κ1) is 32.6. The van der Waals surface area contributed by atoms with Crippen molar-refractivity contribution in [3.8, 4) is 6.07 Å². The zero-order valence-electron chi connectivity index (χ0n) is 28.4. The molecule has 0 aromatic heterocycles. The van der Waals surface area contributed by atoms with Crippen LogP contribution in [0.1, 0.15) is 106 Å². The molecule has 8 atom stereocenters. The van der Waals surface area contributed by atoms with Crippen LogP contribution in [0, 0.1) is 50.2 Å². The van der Waals surface area contributed by atoms with E-state index >= 15 is 0 Å². The Morgan fingerprint density at radius 2 is 1.62 bits per heavy atom. The molecule has 8 heteroatoms. The maximum atomic E-state index is 14.7. The molecule has 4 fully saturated rings. The molecule has 246 valence electrons. The summed E-state index contributed by atoms with van der Waals surface area (Å²) in [6.07, 6.45) is 9.83. The normalized spacial score (nSPS) is 46.4. The van der Waals surface area contributed by atoms with Crippen LogP contribution < -0.4 is 5.32 Å². The van der Waals surface area contributed by atoms with Crippen LogP contribution in [0.2, 0.25) is 0 Å². The van der Waals surface area contributed by atoms with Gasteiger partial charge in [0.25, 0.3) is 0 Å². The SMILES string of the molecule is CC1(C)C(=O)C(C#N)=C[C@]2(C)C3=CC(=O)[C@]4(O)[C@@H]5C[C@@](C)(NC(=O)CN6CCC(O)CC6)CC[C@@]5(C)CC[C@@]4(C)[C@]3(C)CC[C@@H]12. The highest BCUT2D eigenvalue weighted by Gasteiger charge is 2.75. The first-order valence-electron chi connectivity index (χ1n) is 17.2. The second kappa shape index (κ2) is 10.1. The molecule has 6 rings (SSSR count). The summed E-state index contributed by atoms with van der Waals surface area (Å²) < 4.78 is 0. The van der Waals surface area contributed by atoms with E-state index in [1.165, 1.54) is 0 Å². The molecule has 3 saturated carbocycles. The Bertz CT molecular complexity index is 1440. The number of allylic oxidation sites excluding steroid dienone is 3. The molecule has 0 aromatic rings. The van der Waals surface area contributed by atoms with Crippen molar-refractivity contribution in [2.24, 2.45) is 38.9 Å². The molecule has 6 aliphatic rings. The summed E-state index contributed by atoms with van der Waals surface area (Å²) in [6.45, 7) is 16.3. The van der Waals surface area contributed by atoms with Crippen molar-refractivity contribution in [3.05, 3.63) is 23.3 Å². The van der Waals surface area contributed by atoms with Crippen LogP contribution in [0.4, 0.5) is 0 Å². The third kappa shape index (κ3) is 4.36. The number of nitrogens with zero attached hydrogens (tertiary/aromatic N) is 2. The monoisotopic (exact) mass is 619 g/mol. The minimum absolute atomic E-state index is 0.0482. The molecule has 1 amide bonds. The van der Waals surface area contributed by atoms with Crippen LogP contribution in [0.5, 0.6) is 0 Å². The van der Waals surface area contributed by atoms with Gasteiger partial charge < -0.3 is 15.5 Å². The Labute approximate surface area is 268 Å². The fraction of sp³-hybridized carbons (Fsp3) is 0.784. The standard InChI is InChI=1S/C37H53N3O5/c1-31(2)25-8-11-35(6)26(34(25,5)19-23(21-38)30(31)44)18-28(42)37(45)27-20-33(4,14-12-32(27,3)13-15-36(35,37)7)39-29(43)22-40-16-9-24(41)10-17-40/h18-19,24-25,27,41,45H,8-17,20,22H2,1-7H3,(H,39,43)/t25-,27+,32-,33-,34-,35+,36-,37+/m0/s1. The van der Waals surface area contributed by atoms with Crippen LogP contribution >= 0.6 is 0 Å². The number of hydrogen-bond acceptors (Lipinski definition) is 7. The van der Waals surface area contributed by atoms with E-state index in [9.17, 15) is 29.9 Å². The molecule has 45 heavy (non-hydrogen) atoms. The summed E-state index contributed by atoms with van der Waals surface area (Å²) in [7, 11) is 0. The molecule has 1 saturated heterocycles. The van der Waals surface area contributed by atoms with Gasteiger partial charge in [0, 0.05) is 40.8 Å². The molecule has 3 N–H and O–H groups in total. The van der Waals surface area contributed by atoms with E-state index in [1.807, 2.05) is 19.9 Å². The Morgan fingerprint density at radius 3 is 2.27 bits per heavy atom. The molecular weight excluding hydrogens is 566 g/mol. The largest absolute Gasteiger partial charge is 0.393 e. The van der Waals surface area contributed by atoms with Gasteiger partial charge in [-0.15, -0.1) is 0 Å². The van der Waals surface area contributed by atoms with Gasteiger partial charge in [-0.2, -0.15) is 5.26 Å². The summed E-state index contributed by atoms with van der Waals surface area (Å²) in [5.74, 6) is -0.833. The van der Waals surface area contributed by atoms with E-state index in [2.05, 4.69) is 50.9 Å². The smallest absolute Gasteiger partial charge is 0.234 e. The topological polar surface area (TPSA) is 131 Å². The van der Waals surface area contributed by atoms with Crippen molar-refractivity contribution in [1.82, 2.24) is 10.2 Å². The quantitative estimate of drug-likeness (QED) is 0.419. The number of nitrogens with one attached hydrogen (secondary N) is 1. The molecule has 1 heterocycles. The highest BCUT2D eigenvalue weighted by atomic mass is 16.3. The average Bonchev–Trinajstić information content (AvgIpc) is 2.96. The summed E-state index contributed by atoms with van der Waals surface area (Å²) in [6, 6.07) is 2.16. The first-order valence-corrected chi connectivity index (χ1v) is 17.2. The summed E-state index contributed by atoms with van der Waals surface area (Å²) >= 11 is 0. The number of carbonyl (C=O) groups excluding carboxylic acids is 3. The third-order valence-corrected chi connectivity index (χ3v) is 14.6. The van der Waals surface area contributed by atoms with Gasteiger partial charge in [-0.25, -0.2) is 0 Å². The van der Waals surface area contributed by atoms with Crippen molar-refractivity contribution in [2.45, 2.75) is 123 Å². The highest BCUT2D eigenvalue weighted by Crippen LogP contribution is 2.75. The van der Waals surface area contributed by atoms with E-state index in [1.54, 1.807) is 6.08 Å². The van der Waals surface area contributed by atoms with Crippen LogP contribution in [0.15, 0.2) is 23.3 Å². The number of amides is 1. The number of Topliss-reactive ketones (excluding diaryl/α,β-unsaturated/α-hetero) is 1. The van der Waals surface area contributed by atoms with Gasteiger partial charge in [0.1, 0.15) is 11.7 Å². The van der Waals surface area contributed by atoms with E-state index in [0.717, 1.165) is 37.7 Å². The predicted octanol–water partition coefficient (Wildman–Crippen LogP) is 4.65. The molecule has 0 unspecified atom stereocenters. The van der Waals surface area contributed by atoms with E-state index in [4.69, 9.17) is 0 Å². The van der Waals surface area contributed by atoms with Crippen LogP contribution in [0.3, 0.4) is 0 Å². The van der Waals surface area contributed by atoms with Crippen LogP contribution in [-0.4, -0.2) is 69.5 Å². The number of hydrogen-bond donors (Lipinski definition) is 3. The molecule has 0 spiro atoms. The number of aliphatic hydroxyl groups is 2. The molecule has 5 aliphatic carbocycles. The number of carbonyl (C=O) groups is 3. The number of rotatable bonds is 3. The van der Waals surface area contributed by atoms with Crippen molar-refractivity contribution in [3.63, 3.8) is 0 Å². The Balaban J connectivity index is 1.36. The number of ketones is 2. The van der Waals surface area contributed by atoms with Gasteiger partial charge >= 0.3 is 0 Å². The van der Waals surface area contributed by atoms with Gasteiger partial charge in [-0.05, 0) is 93.1 Å². The zero-order valence-corrected chi connectivity index (χ0v) is 28.4. The predicted molar refractivity (Wildman–Crippen MR) is 170 cm³/mol. The molecule has 8 nitrogen and oxygen atoms in total. The van der Waals surface area contributed by atoms with Gasteiger partial charge in [0.05, 0.1) is 18.2 Å². The highest BCUT2D eigenvalue weighted by molar-refractivity contribution is 6.05. The average molecular weight is 620 g/mol. The van der Waals surface area contributed by atoms with Gasteiger partial charge in [-0.3, -0.25) is 19.3 Å². The molecular formula is C37H53N3O5. The minimum Gasteiger partial charge on any atom is -0.393 e. The molecule has 0 radical (unpaired) electrons. The summed E-state index contributed by atoms with van der Waals surface area (Å²) in [5.41, 5.74) is -3.97. The fourth-order valence-electron chi connectivity index (χ4n) is 11.5. The Morgan fingerprint density at radius 1 is 0.978 bits per heavy atom. The fourth-order valence-corrected chi connectivity index (χ4v) is 11.5.